The summed E-state index contributed by atoms with van der Waals surface area (Å²) in [4.78, 5) is 26.7. The van der Waals surface area contributed by atoms with Gasteiger partial charge in [-0.1, -0.05) is 36.4 Å². The number of carbonyl (C=O) groups excluding carboxylic acids is 1. The minimum atomic E-state index is -0.217. The third-order valence-corrected chi connectivity index (χ3v) is 6.00. The zero-order chi connectivity index (χ0) is 24.2. The number of hydrogen-bond donors (Lipinski definition) is 1. The number of pyridine rings is 1. The molecule has 3 aromatic carbocycles. The number of rotatable bonds is 8. The van der Waals surface area contributed by atoms with Crippen LogP contribution < -0.4 is 25.1 Å². The van der Waals surface area contributed by atoms with Gasteiger partial charge in [-0.3, -0.25) is 9.59 Å². The minimum Gasteiger partial charge on any atom is -0.496 e. The van der Waals surface area contributed by atoms with Crippen molar-refractivity contribution in [1.82, 2.24) is 4.57 Å². The fourth-order valence-corrected chi connectivity index (χ4v) is 4.31. The Kier molecular flexibility index (Phi) is 6.39. The lowest BCUT2D eigenvalue weighted by Gasteiger charge is -2.21. The summed E-state index contributed by atoms with van der Waals surface area (Å²) in [7, 11) is 1.58. The molecule has 1 aromatic heterocycles. The van der Waals surface area contributed by atoms with Crippen molar-refractivity contribution in [2.24, 2.45) is 0 Å². The molecule has 5 rings (SSSR count). The van der Waals surface area contributed by atoms with Crippen molar-refractivity contribution < 1.29 is 19.0 Å². The molecule has 0 aliphatic carbocycles. The fraction of sp³-hybridized carbons (Fsp3) is 0.214. The third-order valence-electron chi connectivity index (χ3n) is 6.00. The number of anilines is 1. The Balaban J connectivity index is 1.52. The van der Waals surface area contributed by atoms with Gasteiger partial charge in [-0.2, -0.15) is 0 Å². The van der Waals surface area contributed by atoms with Crippen LogP contribution in [0.5, 0.6) is 17.2 Å². The highest BCUT2D eigenvalue weighted by atomic mass is 16.6. The van der Waals surface area contributed by atoms with E-state index < -0.39 is 0 Å². The molecule has 0 amide bonds. The monoisotopic (exact) mass is 470 g/mol. The number of fused-ring (bicyclic) bond motifs is 2. The van der Waals surface area contributed by atoms with Crippen LogP contribution in [-0.4, -0.2) is 30.7 Å². The van der Waals surface area contributed by atoms with Gasteiger partial charge >= 0.3 is 0 Å². The van der Waals surface area contributed by atoms with Crippen LogP contribution >= 0.6 is 0 Å². The van der Waals surface area contributed by atoms with E-state index >= 15 is 0 Å². The van der Waals surface area contributed by atoms with Crippen LogP contribution in [-0.2, 0) is 24.3 Å². The van der Waals surface area contributed by atoms with E-state index in [1.165, 1.54) is 4.57 Å². The van der Waals surface area contributed by atoms with Gasteiger partial charge in [0.25, 0.3) is 5.56 Å². The topological polar surface area (TPSA) is 78.8 Å². The molecule has 7 heteroatoms. The van der Waals surface area contributed by atoms with Crippen LogP contribution in [0.4, 0.5) is 5.69 Å². The maximum Gasteiger partial charge on any atom is 0.256 e. The first-order chi connectivity index (χ1) is 17.1. The average Bonchev–Trinajstić information content (AvgIpc) is 2.89. The standard InChI is InChI=1S/C28H26N2O5/c1-33-25-10-6-5-7-19(25)14-23(31)18-30-24-16-27-26(34-11-12-35-27)15-20(24)13-21(28(30)32)17-29-22-8-3-2-4-9-22/h2-10,13,15-16,29H,11-12,14,17-18H2,1H3. The van der Waals surface area contributed by atoms with Gasteiger partial charge in [-0.25, -0.2) is 0 Å². The summed E-state index contributed by atoms with van der Waals surface area (Å²) in [5.74, 6) is 1.76. The van der Waals surface area contributed by atoms with E-state index in [4.69, 9.17) is 14.2 Å². The van der Waals surface area contributed by atoms with Gasteiger partial charge in [0.1, 0.15) is 19.0 Å². The predicted molar refractivity (Wildman–Crippen MR) is 135 cm³/mol. The lowest BCUT2D eigenvalue weighted by atomic mass is 10.1. The van der Waals surface area contributed by atoms with Crippen LogP contribution in [0.3, 0.4) is 0 Å². The number of aromatic nitrogens is 1. The first-order valence-corrected chi connectivity index (χ1v) is 11.5. The zero-order valence-corrected chi connectivity index (χ0v) is 19.5. The van der Waals surface area contributed by atoms with Gasteiger partial charge in [-0.05, 0) is 30.3 Å². The zero-order valence-electron chi connectivity index (χ0n) is 19.5. The molecule has 0 spiro atoms. The Morgan fingerprint density at radius 2 is 1.66 bits per heavy atom. The lowest BCUT2D eigenvalue weighted by molar-refractivity contribution is -0.119. The van der Waals surface area contributed by atoms with E-state index in [-0.39, 0.29) is 24.3 Å². The normalized spacial score (nSPS) is 12.4. The number of para-hydroxylation sites is 2. The highest BCUT2D eigenvalue weighted by Gasteiger charge is 2.19. The number of hydrogen-bond acceptors (Lipinski definition) is 6. The largest absolute Gasteiger partial charge is 0.496 e. The second-order valence-electron chi connectivity index (χ2n) is 8.36. The van der Waals surface area contributed by atoms with Crippen LogP contribution in [0.1, 0.15) is 11.1 Å². The van der Waals surface area contributed by atoms with Crippen molar-refractivity contribution in [2.75, 3.05) is 25.6 Å². The van der Waals surface area contributed by atoms with Crippen LogP contribution in [0.15, 0.2) is 77.6 Å². The molecule has 0 unspecified atom stereocenters. The van der Waals surface area contributed by atoms with Crippen molar-refractivity contribution in [2.45, 2.75) is 19.5 Å². The van der Waals surface area contributed by atoms with Gasteiger partial charge in [-0.15, -0.1) is 0 Å². The van der Waals surface area contributed by atoms with E-state index in [9.17, 15) is 9.59 Å². The summed E-state index contributed by atoms with van der Waals surface area (Å²) < 4.78 is 18.4. The van der Waals surface area contributed by atoms with Gasteiger partial charge in [0.2, 0.25) is 0 Å². The number of nitrogens with one attached hydrogen (secondary N) is 1. The number of nitrogens with zero attached hydrogens (tertiary/aromatic N) is 1. The Labute approximate surface area is 202 Å². The van der Waals surface area contributed by atoms with Gasteiger partial charge < -0.3 is 24.1 Å². The predicted octanol–water partition coefficient (Wildman–Crippen LogP) is 4.21. The number of methoxy groups -OCH3 is 1. The highest BCUT2D eigenvalue weighted by Crippen LogP contribution is 2.34. The molecule has 0 fully saturated rings. The molecule has 0 bridgehead atoms. The Morgan fingerprint density at radius 3 is 2.43 bits per heavy atom. The molecule has 35 heavy (non-hydrogen) atoms. The van der Waals surface area contributed by atoms with Crippen molar-refractivity contribution in [3.05, 3.63) is 94.3 Å². The van der Waals surface area contributed by atoms with Crippen molar-refractivity contribution in [3.8, 4) is 17.2 Å². The fourth-order valence-electron chi connectivity index (χ4n) is 4.31. The minimum absolute atomic E-state index is 0.0633. The summed E-state index contributed by atoms with van der Waals surface area (Å²) >= 11 is 0. The molecule has 0 saturated carbocycles. The molecule has 0 saturated heterocycles. The summed E-state index contributed by atoms with van der Waals surface area (Å²) in [6.45, 7) is 1.17. The van der Waals surface area contributed by atoms with Gasteiger partial charge in [0.15, 0.2) is 17.3 Å². The van der Waals surface area contributed by atoms with Gasteiger partial charge in [0.05, 0.1) is 19.2 Å². The second kappa shape index (κ2) is 9.93. The Bertz CT molecular complexity index is 1430. The van der Waals surface area contributed by atoms with E-state index in [0.29, 0.717) is 48.1 Å². The smallest absolute Gasteiger partial charge is 0.256 e. The van der Waals surface area contributed by atoms with Crippen molar-refractivity contribution in [3.63, 3.8) is 0 Å². The molecule has 7 nitrogen and oxygen atoms in total. The molecule has 0 atom stereocenters. The van der Waals surface area contributed by atoms with Crippen LogP contribution in [0, 0.1) is 0 Å². The van der Waals surface area contributed by atoms with E-state index in [1.54, 1.807) is 13.2 Å². The molecule has 2 heterocycles. The highest BCUT2D eigenvalue weighted by molar-refractivity contribution is 5.87. The second-order valence-corrected chi connectivity index (χ2v) is 8.36. The molecule has 4 aromatic rings. The quantitative estimate of drug-likeness (QED) is 0.416. The Hall–Kier alpha value is -4.26. The third kappa shape index (κ3) is 4.84. The number of benzene rings is 3. The summed E-state index contributed by atoms with van der Waals surface area (Å²) in [5.41, 5.74) is 2.67. The van der Waals surface area contributed by atoms with E-state index in [1.807, 2.05) is 66.7 Å². The van der Waals surface area contributed by atoms with E-state index in [0.717, 1.165) is 16.6 Å². The molecule has 1 aliphatic heterocycles. The van der Waals surface area contributed by atoms with Crippen molar-refractivity contribution >= 4 is 22.4 Å². The SMILES string of the molecule is COc1ccccc1CC(=O)Cn1c(=O)c(CNc2ccccc2)cc2cc3c(cc21)OCCO3. The molecular formula is C28H26N2O5. The maximum atomic E-state index is 13.6. The molecular weight excluding hydrogens is 444 g/mol. The number of ether oxygens (including phenoxy) is 3. The average molecular weight is 471 g/mol. The Morgan fingerprint density at radius 1 is 0.943 bits per heavy atom. The first kappa shape index (κ1) is 22.5. The summed E-state index contributed by atoms with van der Waals surface area (Å²) in [6, 6.07) is 22.6. The molecule has 0 radical (unpaired) electrons. The number of carbonyl (C=O) groups is 1. The first-order valence-electron chi connectivity index (χ1n) is 11.5. The number of Topliss-reactive ketones (excluding diaryl/α,β-unsaturated/α-hetero) is 1. The lowest BCUT2D eigenvalue weighted by Crippen LogP contribution is -2.29. The summed E-state index contributed by atoms with van der Waals surface area (Å²) in [6.07, 6.45) is 0.162. The maximum absolute atomic E-state index is 13.6. The summed E-state index contributed by atoms with van der Waals surface area (Å²) in [5, 5.41) is 4.10. The van der Waals surface area contributed by atoms with Crippen LogP contribution in [0.2, 0.25) is 0 Å². The van der Waals surface area contributed by atoms with Crippen LogP contribution in [0.25, 0.3) is 10.9 Å². The van der Waals surface area contributed by atoms with E-state index in [2.05, 4.69) is 5.32 Å². The molecule has 178 valence electrons. The molecule has 1 aliphatic rings. The molecule has 1 N–H and O–H groups in total. The van der Waals surface area contributed by atoms with Gasteiger partial charge in [0, 0.05) is 41.2 Å². The number of ketones is 1. The van der Waals surface area contributed by atoms with Crippen molar-refractivity contribution in [1.29, 1.82) is 0 Å².